The molecule has 6 saturated heterocycles. The van der Waals surface area contributed by atoms with Gasteiger partial charge in [0.15, 0.2) is 0 Å². The van der Waals surface area contributed by atoms with E-state index in [0.29, 0.717) is 57.8 Å². The number of anilines is 2. The molecular weight excluding hydrogens is 955 g/mol. The number of aryl methyl sites for hydroxylation is 2. The summed E-state index contributed by atoms with van der Waals surface area (Å²) in [6.45, 7) is 20.4. The standard InChI is InChI=1S/2C29H33F3N4O/c2*1-17-11-21(29(30,31)32)14-22(12-17)34-19(3)35-28(27-13-20-8-10-36(27)16-18(20)2)24-7-9-33-26-6-5-23(37-4)15-25(24)26/h2*5-7,9,11-12,14-15,18,20,27-28,34-35H,3,8,10,13,16H2,1-2,4H3/t2*18?,20?,27?,28-/m10/s1. The van der Waals surface area contributed by atoms with Gasteiger partial charge in [0.1, 0.15) is 11.5 Å². The van der Waals surface area contributed by atoms with Gasteiger partial charge in [-0.2, -0.15) is 26.3 Å². The van der Waals surface area contributed by atoms with E-state index in [-0.39, 0.29) is 24.2 Å². The zero-order valence-electron chi connectivity index (χ0n) is 42.8. The summed E-state index contributed by atoms with van der Waals surface area (Å²) in [7, 11) is 3.28. The zero-order valence-corrected chi connectivity index (χ0v) is 42.8. The first-order valence-electron chi connectivity index (χ1n) is 25.4. The van der Waals surface area contributed by atoms with Gasteiger partial charge in [-0.3, -0.25) is 19.8 Å². The van der Waals surface area contributed by atoms with E-state index < -0.39 is 23.5 Å². The van der Waals surface area contributed by atoms with Crippen LogP contribution in [0.25, 0.3) is 21.8 Å². The third-order valence-corrected chi connectivity index (χ3v) is 15.7. The van der Waals surface area contributed by atoms with Crippen LogP contribution in [0, 0.1) is 37.5 Å². The number of rotatable bonds is 14. The molecule has 4 bridgehead atoms. The minimum absolute atomic E-state index is 0.139. The molecule has 6 aliphatic rings. The molecule has 74 heavy (non-hydrogen) atoms. The van der Waals surface area contributed by atoms with Crippen molar-refractivity contribution in [2.24, 2.45) is 23.7 Å². The Kier molecular flexibility index (Phi) is 15.1. The molecule has 10 atom stereocenters. The highest BCUT2D eigenvalue weighted by Gasteiger charge is 2.44. The van der Waals surface area contributed by atoms with Crippen LogP contribution in [0.5, 0.6) is 11.5 Å². The van der Waals surface area contributed by atoms with Gasteiger partial charge in [-0.25, -0.2) is 0 Å². The normalized spacial score (nSPS) is 24.1. The topological polar surface area (TPSA) is 98.8 Å². The van der Waals surface area contributed by atoms with E-state index in [0.717, 1.165) is 108 Å². The van der Waals surface area contributed by atoms with E-state index in [1.165, 1.54) is 12.8 Å². The molecule has 8 heterocycles. The second kappa shape index (κ2) is 21.4. The third-order valence-electron chi connectivity index (χ3n) is 15.7. The fourth-order valence-corrected chi connectivity index (χ4v) is 12.1. The number of nitrogens with zero attached hydrogens (tertiary/aromatic N) is 4. The number of nitrogens with one attached hydrogen (secondary N) is 4. The Balaban J connectivity index is 0.000000182. The molecule has 4 aromatic carbocycles. The Hall–Kier alpha value is -6.52. The van der Waals surface area contributed by atoms with E-state index in [2.05, 4.69) is 68.0 Å². The van der Waals surface area contributed by atoms with Gasteiger partial charge in [-0.05, 0) is 183 Å². The lowest BCUT2D eigenvalue weighted by Crippen LogP contribution is -2.56. The van der Waals surface area contributed by atoms with E-state index in [1.54, 1.807) is 40.2 Å². The molecule has 392 valence electrons. The Morgan fingerprint density at radius 2 is 1.00 bits per heavy atom. The first-order valence-corrected chi connectivity index (χ1v) is 25.4. The predicted octanol–water partition coefficient (Wildman–Crippen LogP) is 13.0. The molecule has 0 saturated carbocycles. The first kappa shape index (κ1) is 52.3. The first-order chi connectivity index (χ1) is 35.2. The Morgan fingerprint density at radius 3 is 1.34 bits per heavy atom. The number of ether oxygens (including phenoxy) is 2. The molecule has 2 aromatic heterocycles. The summed E-state index contributed by atoms with van der Waals surface area (Å²) in [6, 6.07) is 23.8. The number of benzene rings is 4. The van der Waals surface area contributed by atoms with Crippen molar-refractivity contribution in [3.05, 3.63) is 156 Å². The van der Waals surface area contributed by atoms with Gasteiger partial charge in [0.05, 0.1) is 60.1 Å². The van der Waals surface area contributed by atoms with Crippen molar-refractivity contribution < 1.29 is 35.8 Å². The average molecular weight is 1020 g/mol. The maximum atomic E-state index is 13.4. The summed E-state index contributed by atoms with van der Waals surface area (Å²) >= 11 is 0. The second-order valence-corrected chi connectivity index (χ2v) is 20.8. The number of pyridine rings is 2. The van der Waals surface area contributed by atoms with Crippen molar-refractivity contribution in [3.8, 4) is 11.5 Å². The van der Waals surface area contributed by atoms with Gasteiger partial charge < -0.3 is 30.7 Å². The van der Waals surface area contributed by atoms with Crippen molar-refractivity contribution >= 4 is 33.2 Å². The summed E-state index contributed by atoms with van der Waals surface area (Å²) in [5.74, 6) is 4.98. The number of hydrogen-bond acceptors (Lipinski definition) is 10. The lowest BCUT2D eigenvalue weighted by Gasteiger charge is -2.51. The summed E-state index contributed by atoms with van der Waals surface area (Å²) in [5, 5.41) is 15.3. The predicted molar refractivity (Wildman–Crippen MR) is 281 cm³/mol. The molecule has 6 aliphatic heterocycles. The Bertz CT molecular complexity index is 2820. The van der Waals surface area contributed by atoms with Gasteiger partial charge in [0, 0.05) is 59.7 Å². The smallest absolute Gasteiger partial charge is 0.416 e. The van der Waals surface area contributed by atoms with Crippen LogP contribution in [0.2, 0.25) is 0 Å². The van der Waals surface area contributed by atoms with Crippen molar-refractivity contribution in [2.45, 2.75) is 89.9 Å². The molecule has 6 aromatic rings. The molecular formula is C58H66F6N8O2. The Morgan fingerprint density at radius 1 is 0.595 bits per heavy atom. The fourth-order valence-electron chi connectivity index (χ4n) is 12.1. The van der Waals surface area contributed by atoms with E-state index in [9.17, 15) is 26.3 Å². The van der Waals surface area contributed by atoms with Crippen molar-refractivity contribution in [1.29, 1.82) is 0 Å². The molecule has 10 nitrogen and oxygen atoms in total. The number of piperidine rings is 6. The van der Waals surface area contributed by atoms with Gasteiger partial charge in [0.2, 0.25) is 0 Å². The van der Waals surface area contributed by atoms with Crippen LogP contribution in [-0.4, -0.2) is 72.3 Å². The quantitative estimate of drug-likeness (QED) is 0.0790. The molecule has 16 heteroatoms. The Labute approximate surface area is 429 Å². The summed E-state index contributed by atoms with van der Waals surface area (Å²) in [4.78, 5) is 14.2. The van der Waals surface area contributed by atoms with Crippen LogP contribution in [0.1, 0.15) is 85.0 Å². The summed E-state index contributed by atoms with van der Waals surface area (Å²) in [6.07, 6.45) is -0.740. The number of methoxy groups -OCH3 is 2. The van der Waals surface area contributed by atoms with Crippen LogP contribution >= 0.6 is 0 Å². The SMILES string of the molecule is C=C(Nc1cc(C)cc(C(F)(F)F)c1)N[C@@H](c1ccnc2ccc(OC)cc12)C1CC2CCN1CC2C.C=C(Nc1cc(C)cc(C(F)(F)F)c1)N[C@H](c1ccnc2ccc(OC)cc12)C1CC2CCN1CC2C. The number of fused-ring (bicyclic) bond motifs is 8. The molecule has 8 unspecified atom stereocenters. The lowest BCUT2D eigenvalue weighted by molar-refractivity contribution is -0.138. The third kappa shape index (κ3) is 11.6. The monoisotopic (exact) mass is 1020 g/mol. The number of aromatic nitrogens is 2. The van der Waals surface area contributed by atoms with Gasteiger partial charge in [-0.15, -0.1) is 0 Å². The van der Waals surface area contributed by atoms with E-state index in [4.69, 9.17) is 9.47 Å². The molecule has 6 fully saturated rings. The van der Waals surface area contributed by atoms with Crippen molar-refractivity contribution in [1.82, 2.24) is 30.4 Å². The van der Waals surface area contributed by atoms with Crippen LogP contribution in [0.15, 0.2) is 122 Å². The van der Waals surface area contributed by atoms with Gasteiger partial charge in [-0.1, -0.05) is 27.0 Å². The molecule has 4 N–H and O–H groups in total. The minimum atomic E-state index is -4.42. The number of halogens is 6. The minimum Gasteiger partial charge on any atom is -0.497 e. The number of alkyl halides is 6. The molecule has 0 amide bonds. The van der Waals surface area contributed by atoms with Gasteiger partial charge >= 0.3 is 12.4 Å². The van der Waals surface area contributed by atoms with Crippen molar-refractivity contribution in [3.63, 3.8) is 0 Å². The highest BCUT2D eigenvalue weighted by Crippen LogP contribution is 2.44. The second-order valence-electron chi connectivity index (χ2n) is 20.8. The molecule has 12 rings (SSSR count). The largest absolute Gasteiger partial charge is 0.497 e. The van der Waals surface area contributed by atoms with Crippen LogP contribution in [0.3, 0.4) is 0 Å². The molecule has 0 spiro atoms. The van der Waals surface area contributed by atoms with E-state index >= 15 is 0 Å². The maximum absolute atomic E-state index is 13.4. The summed E-state index contributed by atoms with van der Waals surface area (Å²) in [5.41, 5.74) is 4.25. The van der Waals surface area contributed by atoms with E-state index in [1.807, 2.05) is 60.9 Å². The highest BCUT2D eigenvalue weighted by atomic mass is 19.4. The van der Waals surface area contributed by atoms with Gasteiger partial charge in [0.25, 0.3) is 0 Å². The van der Waals surface area contributed by atoms with Crippen LogP contribution in [0.4, 0.5) is 37.7 Å². The maximum Gasteiger partial charge on any atom is 0.416 e. The highest BCUT2D eigenvalue weighted by molar-refractivity contribution is 5.85. The molecule has 0 radical (unpaired) electrons. The van der Waals surface area contributed by atoms with Crippen molar-refractivity contribution in [2.75, 3.05) is 51.0 Å². The fraction of sp³-hybridized carbons (Fsp3) is 0.414. The molecule has 0 aliphatic carbocycles. The van der Waals surface area contributed by atoms with Crippen LogP contribution in [-0.2, 0) is 12.4 Å². The average Bonchev–Trinajstić information content (AvgIpc) is 3.36. The van der Waals surface area contributed by atoms with Crippen LogP contribution < -0.4 is 30.7 Å². The lowest BCUT2D eigenvalue weighted by atomic mass is 9.73. The summed E-state index contributed by atoms with van der Waals surface area (Å²) < 4.78 is 91.4. The zero-order chi connectivity index (χ0) is 52.6. The number of hydrogen-bond donors (Lipinski definition) is 4.